The molecule has 0 radical (unpaired) electrons. The van der Waals surface area contributed by atoms with Gasteiger partial charge < -0.3 is 20.7 Å². The highest BCUT2D eigenvalue weighted by molar-refractivity contribution is 5.78. The van der Waals surface area contributed by atoms with Gasteiger partial charge in [-0.2, -0.15) is 0 Å². The summed E-state index contributed by atoms with van der Waals surface area (Å²) in [4.78, 5) is 18.1. The molecule has 0 spiro atoms. The van der Waals surface area contributed by atoms with Crippen LogP contribution < -0.4 is 11.1 Å². The third-order valence-corrected chi connectivity index (χ3v) is 2.53. The molecule has 0 unspecified atom stereocenters. The van der Waals surface area contributed by atoms with Crippen LogP contribution in [0.1, 0.15) is 54.9 Å². The molecule has 0 aliphatic rings. The first-order chi connectivity index (χ1) is 9.53. The molecule has 0 aromatic rings. The Labute approximate surface area is 129 Å². The van der Waals surface area contributed by atoms with Gasteiger partial charge in [0.25, 0.3) is 0 Å². The number of nitrogens with zero attached hydrogens (tertiary/aromatic N) is 2. The summed E-state index contributed by atoms with van der Waals surface area (Å²) in [7, 11) is 0. The minimum absolute atomic E-state index is 0.0926. The molecule has 124 valence electrons. The van der Waals surface area contributed by atoms with Crippen molar-refractivity contribution in [2.24, 2.45) is 10.7 Å². The van der Waals surface area contributed by atoms with Gasteiger partial charge in [0, 0.05) is 25.2 Å². The van der Waals surface area contributed by atoms with Crippen LogP contribution in [0.15, 0.2) is 4.99 Å². The van der Waals surface area contributed by atoms with Crippen molar-refractivity contribution in [2.45, 2.75) is 72.6 Å². The number of carbonyl (C=O) groups excluding carboxylic acids is 1. The average Bonchev–Trinajstić information content (AvgIpc) is 2.24. The van der Waals surface area contributed by atoms with Gasteiger partial charge in [-0.3, -0.25) is 4.99 Å². The van der Waals surface area contributed by atoms with Crippen molar-refractivity contribution >= 4 is 12.1 Å². The molecule has 3 N–H and O–H groups in total. The first-order valence-electron chi connectivity index (χ1n) is 7.59. The monoisotopic (exact) mass is 300 g/mol. The lowest BCUT2D eigenvalue weighted by atomic mass is 10.2. The molecule has 0 heterocycles. The van der Waals surface area contributed by atoms with Crippen molar-refractivity contribution in [2.75, 3.05) is 13.1 Å². The van der Waals surface area contributed by atoms with Gasteiger partial charge in [0.05, 0.1) is 0 Å². The van der Waals surface area contributed by atoms with Crippen LogP contribution in [0, 0.1) is 0 Å². The number of guanidine groups is 1. The minimum atomic E-state index is -0.478. The van der Waals surface area contributed by atoms with E-state index in [1.54, 1.807) is 4.90 Å². The predicted molar refractivity (Wildman–Crippen MR) is 87.5 cm³/mol. The van der Waals surface area contributed by atoms with Crippen molar-refractivity contribution in [3.63, 3.8) is 0 Å². The molecule has 0 fully saturated rings. The lowest BCUT2D eigenvalue weighted by molar-refractivity contribution is 0.0190. The van der Waals surface area contributed by atoms with Gasteiger partial charge in [0.2, 0.25) is 0 Å². The maximum Gasteiger partial charge on any atom is 0.410 e. The fraction of sp³-hybridized carbons (Fsp3) is 0.867. The number of nitrogens with two attached hydrogens (primary N) is 1. The third-order valence-electron chi connectivity index (χ3n) is 2.53. The van der Waals surface area contributed by atoms with Gasteiger partial charge >= 0.3 is 6.09 Å². The van der Waals surface area contributed by atoms with Crippen LogP contribution in [0.4, 0.5) is 4.79 Å². The summed E-state index contributed by atoms with van der Waals surface area (Å²) < 4.78 is 5.41. The molecule has 6 heteroatoms. The zero-order valence-electron chi connectivity index (χ0n) is 14.6. The molecule has 0 bridgehead atoms. The van der Waals surface area contributed by atoms with Crippen LogP contribution in [-0.4, -0.2) is 47.7 Å². The van der Waals surface area contributed by atoms with E-state index in [0.29, 0.717) is 19.0 Å². The lowest BCUT2D eigenvalue weighted by Gasteiger charge is -2.30. The first-order valence-corrected chi connectivity index (χ1v) is 7.59. The van der Waals surface area contributed by atoms with Crippen molar-refractivity contribution < 1.29 is 9.53 Å². The molecule has 1 amide bonds. The van der Waals surface area contributed by atoms with E-state index in [4.69, 9.17) is 10.5 Å². The molecule has 0 aliphatic carbocycles. The van der Waals surface area contributed by atoms with Crippen LogP contribution in [-0.2, 0) is 4.74 Å². The maximum atomic E-state index is 12.1. The molecule has 0 atom stereocenters. The Hall–Kier alpha value is -1.46. The quantitative estimate of drug-likeness (QED) is 0.448. The van der Waals surface area contributed by atoms with E-state index in [-0.39, 0.29) is 18.2 Å². The number of carbonyl (C=O) groups is 1. The Kier molecular flexibility index (Phi) is 8.14. The molecule has 0 saturated heterocycles. The van der Waals surface area contributed by atoms with Gasteiger partial charge in [-0.1, -0.05) is 0 Å². The summed E-state index contributed by atoms with van der Waals surface area (Å²) >= 11 is 0. The maximum absolute atomic E-state index is 12.1. The topological polar surface area (TPSA) is 80.0 Å². The zero-order valence-corrected chi connectivity index (χ0v) is 14.6. The number of amides is 1. The van der Waals surface area contributed by atoms with E-state index in [2.05, 4.69) is 10.3 Å². The number of rotatable bonds is 6. The van der Waals surface area contributed by atoms with Crippen molar-refractivity contribution in [1.29, 1.82) is 0 Å². The van der Waals surface area contributed by atoms with Crippen LogP contribution in [0.5, 0.6) is 0 Å². The number of nitrogens with one attached hydrogen (secondary N) is 1. The second-order valence-corrected chi connectivity index (χ2v) is 6.69. The highest BCUT2D eigenvalue weighted by Gasteiger charge is 2.23. The Morgan fingerprint density at radius 3 is 2.29 bits per heavy atom. The van der Waals surface area contributed by atoms with Crippen LogP contribution in [0.3, 0.4) is 0 Å². The van der Waals surface area contributed by atoms with E-state index in [9.17, 15) is 4.79 Å². The van der Waals surface area contributed by atoms with E-state index in [0.717, 1.165) is 6.42 Å². The molecule has 6 nitrogen and oxygen atoms in total. The van der Waals surface area contributed by atoms with Crippen molar-refractivity contribution in [3.8, 4) is 0 Å². The molecule has 21 heavy (non-hydrogen) atoms. The molecule has 0 aromatic heterocycles. The standard InChI is InChI=1S/C15H32N4O2/c1-11(2)18-13(16)17-9-8-10-19(12(3)4)14(20)21-15(5,6)7/h11-12H,8-10H2,1-7H3,(H3,16,17,18). The van der Waals surface area contributed by atoms with Crippen LogP contribution >= 0.6 is 0 Å². The summed E-state index contributed by atoms with van der Waals surface area (Å²) in [6, 6.07) is 0.359. The van der Waals surface area contributed by atoms with Crippen molar-refractivity contribution in [3.05, 3.63) is 0 Å². The van der Waals surface area contributed by atoms with Crippen molar-refractivity contribution in [1.82, 2.24) is 10.2 Å². The van der Waals surface area contributed by atoms with E-state index < -0.39 is 5.60 Å². The van der Waals surface area contributed by atoms with Gasteiger partial charge in [0.1, 0.15) is 5.60 Å². The molecular formula is C15H32N4O2. The van der Waals surface area contributed by atoms with Gasteiger partial charge in [-0.25, -0.2) is 4.79 Å². The molecule has 0 aromatic carbocycles. The Balaban J connectivity index is 4.32. The second-order valence-electron chi connectivity index (χ2n) is 6.69. The second kappa shape index (κ2) is 8.74. The highest BCUT2D eigenvalue weighted by Crippen LogP contribution is 2.12. The number of aliphatic imine (C=N–C) groups is 1. The Morgan fingerprint density at radius 2 is 1.86 bits per heavy atom. The highest BCUT2D eigenvalue weighted by atomic mass is 16.6. The third kappa shape index (κ3) is 9.98. The van der Waals surface area contributed by atoms with Gasteiger partial charge in [-0.05, 0) is 54.9 Å². The lowest BCUT2D eigenvalue weighted by Crippen LogP contribution is -2.41. The van der Waals surface area contributed by atoms with Crippen LogP contribution in [0.2, 0.25) is 0 Å². The van der Waals surface area contributed by atoms with Crippen LogP contribution in [0.25, 0.3) is 0 Å². The van der Waals surface area contributed by atoms with Gasteiger partial charge in [-0.15, -0.1) is 0 Å². The molecular weight excluding hydrogens is 268 g/mol. The first kappa shape index (κ1) is 19.5. The average molecular weight is 300 g/mol. The number of ether oxygens (including phenoxy) is 1. The molecule has 0 aliphatic heterocycles. The summed E-state index contributed by atoms with van der Waals surface area (Å²) in [5.74, 6) is 0.443. The van der Waals surface area contributed by atoms with E-state index >= 15 is 0 Å². The van der Waals surface area contributed by atoms with E-state index in [1.807, 2.05) is 48.5 Å². The van der Waals surface area contributed by atoms with E-state index in [1.165, 1.54) is 0 Å². The largest absolute Gasteiger partial charge is 0.444 e. The summed E-state index contributed by atoms with van der Waals surface area (Å²) in [5, 5.41) is 3.03. The Bertz CT molecular complexity index is 346. The fourth-order valence-electron chi connectivity index (χ4n) is 1.66. The minimum Gasteiger partial charge on any atom is -0.444 e. The smallest absolute Gasteiger partial charge is 0.410 e. The predicted octanol–water partition coefficient (Wildman–Crippen LogP) is 2.33. The Morgan fingerprint density at radius 1 is 1.29 bits per heavy atom. The zero-order chi connectivity index (χ0) is 16.6. The van der Waals surface area contributed by atoms with Gasteiger partial charge in [0.15, 0.2) is 5.96 Å². The molecule has 0 saturated carbocycles. The number of hydrogen-bond acceptors (Lipinski definition) is 3. The molecule has 0 rings (SSSR count). The SMILES string of the molecule is CC(C)NC(N)=NCCCN(C(=O)OC(C)(C)C)C(C)C. The fourth-order valence-corrected chi connectivity index (χ4v) is 1.66. The summed E-state index contributed by atoms with van der Waals surface area (Å²) in [5.41, 5.74) is 5.25. The summed E-state index contributed by atoms with van der Waals surface area (Å²) in [6.45, 7) is 14.7. The number of hydrogen-bond donors (Lipinski definition) is 2. The summed E-state index contributed by atoms with van der Waals surface area (Å²) in [6.07, 6.45) is 0.465. The normalized spacial score (nSPS) is 12.7.